The van der Waals surface area contributed by atoms with E-state index in [0.29, 0.717) is 10.8 Å². The Labute approximate surface area is 163 Å². The molecule has 0 spiro atoms. The molecule has 0 atom stereocenters. The Morgan fingerprint density at radius 1 is 1.07 bits per heavy atom. The maximum Gasteiger partial charge on any atom is 0.262 e. The first kappa shape index (κ1) is 18.7. The summed E-state index contributed by atoms with van der Waals surface area (Å²) in [6.45, 7) is 1.86. The van der Waals surface area contributed by atoms with Crippen LogP contribution in [0, 0.1) is 6.92 Å². The number of hydrogen-bond donors (Lipinski definition) is 1. The lowest BCUT2D eigenvalue weighted by molar-refractivity contribution is -0.118. The first-order valence-electron chi connectivity index (χ1n) is 8.49. The zero-order valence-electron chi connectivity index (χ0n) is 14.9. The van der Waals surface area contributed by atoms with E-state index in [1.807, 2.05) is 73.7 Å². The molecule has 0 aliphatic heterocycles. The van der Waals surface area contributed by atoms with E-state index in [4.69, 9.17) is 16.3 Å². The molecule has 1 N–H and O–H groups in total. The van der Waals surface area contributed by atoms with Crippen LogP contribution in [0.4, 0.5) is 11.4 Å². The van der Waals surface area contributed by atoms with Gasteiger partial charge in [0.25, 0.3) is 5.91 Å². The van der Waals surface area contributed by atoms with Gasteiger partial charge in [-0.3, -0.25) is 9.79 Å². The van der Waals surface area contributed by atoms with Gasteiger partial charge < -0.3 is 10.1 Å². The molecule has 0 aliphatic rings. The molecule has 0 radical (unpaired) electrons. The van der Waals surface area contributed by atoms with Crippen molar-refractivity contribution in [1.29, 1.82) is 0 Å². The molecule has 0 fully saturated rings. The maximum atomic E-state index is 12.0. The number of hydrogen-bond acceptors (Lipinski definition) is 3. The molecule has 3 aromatic carbocycles. The predicted molar refractivity (Wildman–Crippen MR) is 110 cm³/mol. The fourth-order valence-corrected chi connectivity index (χ4v) is 2.60. The number of benzene rings is 3. The highest BCUT2D eigenvalue weighted by Gasteiger charge is 2.04. The van der Waals surface area contributed by atoms with Gasteiger partial charge in [-0.15, -0.1) is 0 Å². The first-order valence-corrected chi connectivity index (χ1v) is 8.86. The van der Waals surface area contributed by atoms with Gasteiger partial charge in [-0.2, -0.15) is 0 Å². The minimum absolute atomic E-state index is 0.0666. The van der Waals surface area contributed by atoms with Crippen molar-refractivity contribution in [2.24, 2.45) is 4.99 Å². The Bertz CT molecular complexity index is 956. The lowest BCUT2D eigenvalue weighted by Gasteiger charge is -2.08. The van der Waals surface area contributed by atoms with Crippen LogP contribution in [0.15, 0.2) is 77.8 Å². The third kappa shape index (κ3) is 5.43. The molecule has 3 aromatic rings. The van der Waals surface area contributed by atoms with Crippen molar-refractivity contribution in [1.82, 2.24) is 0 Å². The zero-order valence-corrected chi connectivity index (χ0v) is 15.6. The number of carbonyl (C=O) groups excluding carboxylic acids is 1. The lowest BCUT2D eigenvalue weighted by Crippen LogP contribution is -2.20. The van der Waals surface area contributed by atoms with Gasteiger partial charge in [0.2, 0.25) is 0 Å². The highest BCUT2D eigenvalue weighted by molar-refractivity contribution is 6.31. The van der Waals surface area contributed by atoms with Crippen molar-refractivity contribution in [3.63, 3.8) is 0 Å². The molecule has 27 heavy (non-hydrogen) atoms. The van der Waals surface area contributed by atoms with Crippen molar-refractivity contribution in [2.75, 3.05) is 11.9 Å². The fraction of sp³-hybridized carbons (Fsp3) is 0.0909. The summed E-state index contributed by atoms with van der Waals surface area (Å²) in [5, 5.41) is 3.47. The molecule has 0 aromatic heterocycles. The summed E-state index contributed by atoms with van der Waals surface area (Å²) in [6.07, 6.45) is 1.75. The Morgan fingerprint density at radius 3 is 2.67 bits per heavy atom. The molecule has 1 amide bonds. The highest BCUT2D eigenvalue weighted by Crippen LogP contribution is 2.25. The average molecular weight is 379 g/mol. The van der Waals surface area contributed by atoms with E-state index < -0.39 is 0 Å². The number of amides is 1. The van der Waals surface area contributed by atoms with Crippen LogP contribution in [0.2, 0.25) is 5.02 Å². The number of nitrogens with one attached hydrogen (secondary N) is 1. The number of anilines is 1. The number of aliphatic imine (C=N–C) groups is 1. The van der Waals surface area contributed by atoms with Crippen LogP contribution in [0.5, 0.6) is 5.75 Å². The SMILES string of the molecule is Cc1c(Cl)cccc1N=Cc1cccc(OCC(=O)Nc2ccccc2)c1. The number of rotatable bonds is 6. The summed E-state index contributed by atoms with van der Waals surface area (Å²) < 4.78 is 5.58. The monoisotopic (exact) mass is 378 g/mol. The second kappa shape index (κ2) is 9.01. The molecule has 5 heteroatoms. The Kier molecular flexibility index (Phi) is 6.23. The second-order valence-corrected chi connectivity index (χ2v) is 6.32. The predicted octanol–water partition coefficient (Wildman–Crippen LogP) is 5.42. The molecule has 136 valence electrons. The summed E-state index contributed by atoms with van der Waals surface area (Å²) >= 11 is 6.12. The van der Waals surface area contributed by atoms with Crippen molar-refractivity contribution in [3.05, 3.63) is 88.9 Å². The summed E-state index contributed by atoms with van der Waals surface area (Å²) in [7, 11) is 0. The van der Waals surface area contributed by atoms with E-state index in [1.54, 1.807) is 12.3 Å². The molecule has 4 nitrogen and oxygen atoms in total. The van der Waals surface area contributed by atoms with E-state index in [9.17, 15) is 4.79 Å². The average Bonchev–Trinajstić information content (AvgIpc) is 2.69. The van der Waals surface area contributed by atoms with Crippen LogP contribution >= 0.6 is 11.6 Å². The Hall–Kier alpha value is -3.11. The van der Waals surface area contributed by atoms with Gasteiger partial charge in [-0.05, 0) is 54.4 Å². The van der Waals surface area contributed by atoms with Crippen molar-refractivity contribution in [3.8, 4) is 5.75 Å². The van der Waals surface area contributed by atoms with Gasteiger partial charge in [0.15, 0.2) is 6.61 Å². The standard InChI is InChI=1S/C22H19ClN2O2/c1-16-20(23)11-6-12-21(16)24-14-17-7-5-10-19(13-17)27-15-22(26)25-18-8-3-2-4-9-18/h2-14H,15H2,1H3,(H,25,26). The lowest BCUT2D eigenvalue weighted by atomic mass is 10.2. The summed E-state index contributed by atoms with van der Waals surface area (Å²) in [5.74, 6) is 0.389. The molecular weight excluding hydrogens is 360 g/mol. The van der Waals surface area contributed by atoms with Crippen LogP contribution in [-0.2, 0) is 4.79 Å². The summed E-state index contributed by atoms with van der Waals surface area (Å²) in [4.78, 5) is 16.5. The molecular formula is C22H19ClN2O2. The molecule has 0 aliphatic carbocycles. The van der Waals surface area contributed by atoms with Crippen LogP contribution in [-0.4, -0.2) is 18.7 Å². The number of ether oxygens (including phenoxy) is 1. The molecule has 0 saturated heterocycles. The van der Waals surface area contributed by atoms with E-state index >= 15 is 0 Å². The normalized spacial score (nSPS) is 10.7. The zero-order chi connectivity index (χ0) is 19.1. The molecule has 0 bridgehead atoms. The van der Waals surface area contributed by atoms with Gasteiger partial charge in [-0.1, -0.05) is 48.0 Å². The Balaban J connectivity index is 1.61. The van der Waals surface area contributed by atoms with E-state index in [0.717, 1.165) is 22.5 Å². The highest BCUT2D eigenvalue weighted by atomic mass is 35.5. The third-order valence-electron chi connectivity index (χ3n) is 3.88. The van der Waals surface area contributed by atoms with Crippen molar-refractivity contribution < 1.29 is 9.53 Å². The van der Waals surface area contributed by atoms with Gasteiger partial charge in [-0.25, -0.2) is 0 Å². The van der Waals surface area contributed by atoms with Crippen LogP contribution in [0.1, 0.15) is 11.1 Å². The van der Waals surface area contributed by atoms with Gasteiger partial charge in [0, 0.05) is 16.9 Å². The number of carbonyl (C=O) groups is 1. The quantitative estimate of drug-likeness (QED) is 0.582. The molecule has 0 saturated carbocycles. The number of nitrogens with zero attached hydrogens (tertiary/aromatic N) is 1. The van der Waals surface area contributed by atoms with E-state index in [-0.39, 0.29) is 12.5 Å². The second-order valence-electron chi connectivity index (χ2n) is 5.92. The summed E-state index contributed by atoms with van der Waals surface area (Å²) in [6, 6.07) is 22.3. The van der Waals surface area contributed by atoms with Crippen LogP contribution in [0.3, 0.4) is 0 Å². The van der Waals surface area contributed by atoms with Crippen molar-refractivity contribution >= 4 is 35.1 Å². The Morgan fingerprint density at radius 2 is 1.85 bits per heavy atom. The first-order chi connectivity index (χ1) is 13.1. The topological polar surface area (TPSA) is 50.7 Å². The van der Waals surface area contributed by atoms with E-state index in [2.05, 4.69) is 10.3 Å². The third-order valence-corrected chi connectivity index (χ3v) is 4.29. The van der Waals surface area contributed by atoms with E-state index in [1.165, 1.54) is 0 Å². The molecule has 3 rings (SSSR count). The smallest absolute Gasteiger partial charge is 0.262 e. The maximum absolute atomic E-state index is 12.0. The molecule has 0 unspecified atom stereocenters. The molecule has 0 heterocycles. The minimum atomic E-state index is -0.213. The van der Waals surface area contributed by atoms with Crippen molar-refractivity contribution in [2.45, 2.75) is 6.92 Å². The summed E-state index contributed by atoms with van der Waals surface area (Å²) in [5.41, 5.74) is 3.36. The minimum Gasteiger partial charge on any atom is -0.484 e. The van der Waals surface area contributed by atoms with Crippen LogP contribution in [0.25, 0.3) is 0 Å². The van der Waals surface area contributed by atoms with Gasteiger partial charge in [0.05, 0.1) is 5.69 Å². The fourth-order valence-electron chi connectivity index (χ4n) is 2.43. The van der Waals surface area contributed by atoms with Gasteiger partial charge in [0.1, 0.15) is 5.75 Å². The van der Waals surface area contributed by atoms with Gasteiger partial charge >= 0.3 is 0 Å². The number of halogens is 1. The number of para-hydroxylation sites is 1. The largest absolute Gasteiger partial charge is 0.484 e. The van der Waals surface area contributed by atoms with Crippen LogP contribution < -0.4 is 10.1 Å².